The molecule has 18 heavy (non-hydrogen) atoms. The van der Waals surface area contributed by atoms with Gasteiger partial charge in [0.1, 0.15) is 5.82 Å². The van der Waals surface area contributed by atoms with Crippen molar-refractivity contribution in [2.24, 2.45) is 0 Å². The molecule has 1 aliphatic rings. The summed E-state index contributed by atoms with van der Waals surface area (Å²) in [4.78, 5) is 14.0. The molecule has 1 aromatic rings. The van der Waals surface area contributed by atoms with Crippen LogP contribution < -0.4 is 5.32 Å². The van der Waals surface area contributed by atoms with Crippen LogP contribution in [-0.2, 0) is 0 Å². The van der Waals surface area contributed by atoms with Crippen molar-refractivity contribution in [3.63, 3.8) is 0 Å². The molecule has 5 nitrogen and oxygen atoms in total. The zero-order chi connectivity index (χ0) is 13.0. The van der Waals surface area contributed by atoms with Crippen LogP contribution in [0.25, 0.3) is 0 Å². The van der Waals surface area contributed by atoms with Gasteiger partial charge in [-0.2, -0.15) is 0 Å². The summed E-state index contributed by atoms with van der Waals surface area (Å²) in [7, 11) is 1.86. The van der Waals surface area contributed by atoms with E-state index in [4.69, 9.17) is 0 Å². The molecule has 0 aromatic carbocycles. The summed E-state index contributed by atoms with van der Waals surface area (Å²) in [5, 5.41) is 11.0. The van der Waals surface area contributed by atoms with E-state index in [0.717, 1.165) is 19.4 Å². The fourth-order valence-corrected chi connectivity index (χ4v) is 2.36. The van der Waals surface area contributed by atoms with E-state index in [9.17, 15) is 4.79 Å². The van der Waals surface area contributed by atoms with Gasteiger partial charge in [0.25, 0.3) is 5.91 Å². The molecule has 0 bridgehead atoms. The summed E-state index contributed by atoms with van der Waals surface area (Å²) in [6.07, 6.45) is 4.64. The van der Waals surface area contributed by atoms with Crippen LogP contribution in [0.1, 0.15) is 43.1 Å². The highest BCUT2D eigenvalue weighted by Crippen LogP contribution is 2.23. The molecule has 0 radical (unpaired) electrons. The summed E-state index contributed by atoms with van der Waals surface area (Å²) in [5.41, 5.74) is 0.422. The second-order valence-corrected chi connectivity index (χ2v) is 4.69. The molecule has 1 aliphatic carbocycles. The predicted octanol–water partition coefficient (Wildman–Crippen LogP) is 1.92. The summed E-state index contributed by atoms with van der Waals surface area (Å²) >= 11 is 0. The first-order chi connectivity index (χ1) is 8.72. The normalized spacial score (nSPS) is 15.7. The largest absolute Gasteiger partial charge is 0.369 e. The minimum atomic E-state index is -0.0301. The van der Waals surface area contributed by atoms with Gasteiger partial charge in [0.15, 0.2) is 5.69 Å². The monoisotopic (exact) mass is 248 g/mol. The number of carbonyl (C=O) groups is 1. The van der Waals surface area contributed by atoms with Gasteiger partial charge in [-0.3, -0.25) is 4.79 Å². The summed E-state index contributed by atoms with van der Waals surface area (Å²) in [5.74, 6) is 0.676. The topological polar surface area (TPSA) is 58.1 Å². The Morgan fingerprint density at radius 3 is 2.67 bits per heavy atom. The van der Waals surface area contributed by atoms with Gasteiger partial charge in [-0.05, 0) is 31.9 Å². The first-order valence-electron chi connectivity index (χ1n) is 6.57. The number of nitrogens with one attached hydrogen (secondary N) is 1. The standard InChI is InChI=1S/C13H20N4O/c1-3-14-12-9-8-11(15-16-12)13(18)17(2)10-6-4-5-7-10/h8-10H,3-7H2,1-2H3,(H,14,16). The Balaban J connectivity index is 2.03. The quantitative estimate of drug-likeness (QED) is 0.884. The van der Waals surface area contributed by atoms with E-state index in [2.05, 4.69) is 15.5 Å². The lowest BCUT2D eigenvalue weighted by Gasteiger charge is -2.23. The lowest BCUT2D eigenvalue weighted by molar-refractivity contribution is 0.0728. The van der Waals surface area contributed by atoms with Gasteiger partial charge in [-0.25, -0.2) is 0 Å². The molecule has 1 N–H and O–H groups in total. The van der Waals surface area contributed by atoms with Crippen LogP contribution in [0.4, 0.5) is 5.82 Å². The van der Waals surface area contributed by atoms with Gasteiger partial charge >= 0.3 is 0 Å². The molecule has 2 rings (SSSR count). The first-order valence-corrected chi connectivity index (χ1v) is 6.57. The highest BCUT2D eigenvalue weighted by atomic mass is 16.2. The zero-order valence-electron chi connectivity index (χ0n) is 11.0. The molecule has 1 aromatic heterocycles. The molecule has 0 atom stereocenters. The van der Waals surface area contributed by atoms with E-state index in [-0.39, 0.29) is 5.91 Å². The summed E-state index contributed by atoms with van der Waals surface area (Å²) in [6.45, 7) is 2.79. The molecule has 1 amide bonds. The van der Waals surface area contributed by atoms with Gasteiger partial charge in [0.05, 0.1) is 0 Å². The van der Waals surface area contributed by atoms with Crippen molar-refractivity contribution in [1.82, 2.24) is 15.1 Å². The average molecular weight is 248 g/mol. The highest BCUT2D eigenvalue weighted by molar-refractivity contribution is 5.92. The Bertz CT molecular complexity index is 398. The predicted molar refractivity (Wildman–Crippen MR) is 70.5 cm³/mol. The fraction of sp³-hybridized carbons (Fsp3) is 0.615. The van der Waals surface area contributed by atoms with Gasteiger partial charge < -0.3 is 10.2 Å². The zero-order valence-corrected chi connectivity index (χ0v) is 11.0. The van der Waals surface area contributed by atoms with Crippen molar-refractivity contribution in [3.8, 4) is 0 Å². The number of hydrogen-bond donors (Lipinski definition) is 1. The molecule has 0 saturated heterocycles. The van der Waals surface area contributed by atoms with Crippen LogP contribution in [0.5, 0.6) is 0 Å². The Morgan fingerprint density at radius 1 is 1.39 bits per heavy atom. The second-order valence-electron chi connectivity index (χ2n) is 4.69. The van der Waals surface area contributed by atoms with E-state index in [1.807, 2.05) is 18.9 Å². The minimum Gasteiger partial charge on any atom is -0.369 e. The number of aromatic nitrogens is 2. The number of hydrogen-bond acceptors (Lipinski definition) is 4. The van der Waals surface area contributed by atoms with E-state index in [0.29, 0.717) is 17.6 Å². The van der Waals surface area contributed by atoms with E-state index in [1.165, 1.54) is 12.8 Å². The molecule has 98 valence electrons. The van der Waals surface area contributed by atoms with Crippen LogP contribution in [0, 0.1) is 0 Å². The van der Waals surface area contributed by atoms with Crippen LogP contribution in [-0.4, -0.2) is 40.6 Å². The van der Waals surface area contributed by atoms with Crippen LogP contribution >= 0.6 is 0 Å². The van der Waals surface area contributed by atoms with Crippen LogP contribution in [0.3, 0.4) is 0 Å². The van der Waals surface area contributed by atoms with Crippen molar-refractivity contribution in [3.05, 3.63) is 17.8 Å². The highest BCUT2D eigenvalue weighted by Gasteiger charge is 2.24. The smallest absolute Gasteiger partial charge is 0.274 e. The molecule has 0 aliphatic heterocycles. The molecular formula is C13H20N4O. The molecule has 5 heteroatoms. The van der Waals surface area contributed by atoms with Crippen molar-refractivity contribution < 1.29 is 4.79 Å². The maximum absolute atomic E-state index is 12.2. The third kappa shape index (κ3) is 2.78. The van der Waals surface area contributed by atoms with Gasteiger partial charge in [0.2, 0.25) is 0 Å². The third-order valence-corrected chi connectivity index (χ3v) is 3.43. The maximum Gasteiger partial charge on any atom is 0.274 e. The average Bonchev–Trinajstić information content (AvgIpc) is 2.92. The Labute approximate surface area is 108 Å². The molecular weight excluding hydrogens is 228 g/mol. The molecule has 1 fully saturated rings. The molecule has 0 unspecified atom stereocenters. The van der Waals surface area contributed by atoms with Crippen molar-refractivity contribution in [2.45, 2.75) is 38.6 Å². The number of anilines is 1. The van der Waals surface area contributed by atoms with E-state index >= 15 is 0 Å². The summed E-state index contributed by atoms with van der Waals surface area (Å²) < 4.78 is 0. The SMILES string of the molecule is CCNc1ccc(C(=O)N(C)C2CCCC2)nn1. The Hall–Kier alpha value is -1.65. The lowest BCUT2D eigenvalue weighted by Crippen LogP contribution is -2.35. The Morgan fingerprint density at radius 2 is 2.11 bits per heavy atom. The molecule has 1 saturated carbocycles. The van der Waals surface area contributed by atoms with Crippen LogP contribution in [0.2, 0.25) is 0 Å². The van der Waals surface area contributed by atoms with Gasteiger partial charge in [0, 0.05) is 19.6 Å². The fourth-order valence-electron chi connectivity index (χ4n) is 2.36. The van der Waals surface area contributed by atoms with Crippen molar-refractivity contribution in [1.29, 1.82) is 0 Å². The van der Waals surface area contributed by atoms with Crippen molar-refractivity contribution in [2.75, 3.05) is 18.9 Å². The lowest BCUT2D eigenvalue weighted by atomic mass is 10.2. The number of nitrogens with zero attached hydrogens (tertiary/aromatic N) is 3. The molecule has 0 spiro atoms. The summed E-state index contributed by atoms with van der Waals surface area (Å²) in [6, 6.07) is 3.90. The molecule has 1 heterocycles. The van der Waals surface area contributed by atoms with E-state index < -0.39 is 0 Å². The Kier molecular flexibility index (Phi) is 4.12. The number of rotatable bonds is 4. The third-order valence-electron chi connectivity index (χ3n) is 3.43. The van der Waals surface area contributed by atoms with Gasteiger partial charge in [-0.15, -0.1) is 10.2 Å². The number of carbonyl (C=O) groups excluding carboxylic acids is 1. The second kappa shape index (κ2) is 5.80. The van der Waals surface area contributed by atoms with Gasteiger partial charge in [-0.1, -0.05) is 12.8 Å². The number of amides is 1. The minimum absolute atomic E-state index is 0.0301. The van der Waals surface area contributed by atoms with E-state index in [1.54, 1.807) is 12.1 Å². The van der Waals surface area contributed by atoms with Crippen LogP contribution in [0.15, 0.2) is 12.1 Å². The maximum atomic E-state index is 12.2. The van der Waals surface area contributed by atoms with Crippen molar-refractivity contribution >= 4 is 11.7 Å². The first kappa shape index (κ1) is 12.8.